The number of amides is 5. The van der Waals surface area contributed by atoms with Crippen LogP contribution in [0.2, 0.25) is 0 Å². The van der Waals surface area contributed by atoms with Crippen molar-refractivity contribution in [1.29, 1.82) is 0 Å². The summed E-state index contributed by atoms with van der Waals surface area (Å²) in [5, 5.41) is 11.9. The van der Waals surface area contributed by atoms with Crippen molar-refractivity contribution >= 4 is 91.6 Å². The van der Waals surface area contributed by atoms with Gasteiger partial charge in [-0.2, -0.15) is 0 Å². The lowest BCUT2D eigenvalue weighted by molar-refractivity contribution is -0.130. The molecule has 4 atom stereocenters. The van der Waals surface area contributed by atoms with E-state index in [9.17, 15) is 28.8 Å². The number of nitrogens with one attached hydrogen (secondary N) is 4. The molecular formula is C59H65N7O10S2. The predicted molar refractivity (Wildman–Crippen MR) is 306 cm³/mol. The minimum Gasteiger partial charge on any atom is -0.493 e. The summed E-state index contributed by atoms with van der Waals surface area (Å²) in [5.41, 5.74) is 7.46. The number of carbonyl (C=O) groups excluding carboxylic acids is 6. The number of rotatable bonds is 22. The molecule has 5 aromatic carbocycles. The first kappa shape index (κ1) is 55.3. The molecule has 78 heavy (non-hydrogen) atoms. The van der Waals surface area contributed by atoms with Gasteiger partial charge in [0.2, 0.25) is 17.7 Å². The number of ether oxygens (including phenoxy) is 4. The second kappa shape index (κ2) is 24.0. The van der Waals surface area contributed by atoms with E-state index in [1.54, 1.807) is 89.9 Å². The van der Waals surface area contributed by atoms with Gasteiger partial charge in [0.05, 0.1) is 48.8 Å². The van der Waals surface area contributed by atoms with Crippen molar-refractivity contribution in [3.8, 4) is 23.0 Å². The number of hydrogen-bond donors (Lipinski definition) is 4. The summed E-state index contributed by atoms with van der Waals surface area (Å²) < 4.78 is 24.3. The molecule has 0 spiro atoms. The Bertz CT molecular complexity index is 3180. The monoisotopic (exact) mass is 1100 g/mol. The normalized spacial score (nSPS) is 16.6. The quantitative estimate of drug-likeness (QED) is 0.0377. The van der Waals surface area contributed by atoms with E-state index in [-0.39, 0.29) is 60.0 Å². The molecule has 408 valence electrons. The second-order valence-corrected chi connectivity index (χ2v) is 23.7. The Morgan fingerprint density at radius 3 is 2.04 bits per heavy atom. The summed E-state index contributed by atoms with van der Waals surface area (Å²) in [5.74, 6) is 0.759. The maximum Gasteiger partial charge on any atom is 0.261 e. The van der Waals surface area contributed by atoms with Gasteiger partial charge in [-0.3, -0.25) is 33.9 Å². The number of aliphatic imine (C=N–C) groups is 1. The zero-order valence-corrected chi connectivity index (χ0v) is 46.5. The van der Waals surface area contributed by atoms with E-state index in [0.29, 0.717) is 88.1 Å². The molecule has 4 aliphatic heterocycles. The number of methoxy groups -OCH3 is 2. The van der Waals surface area contributed by atoms with Crippen LogP contribution in [0.5, 0.6) is 23.0 Å². The molecule has 0 aromatic heterocycles. The van der Waals surface area contributed by atoms with Crippen molar-refractivity contribution in [2.45, 2.75) is 115 Å². The Balaban J connectivity index is 0.901. The highest BCUT2D eigenvalue weighted by Gasteiger charge is 2.39. The maximum absolute atomic E-state index is 14.1. The van der Waals surface area contributed by atoms with E-state index in [4.69, 9.17) is 23.9 Å². The summed E-state index contributed by atoms with van der Waals surface area (Å²) in [6.07, 6.45) is 5.32. The highest BCUT2D eigenvalue weighted by molar-refractivity contribution is 8.77. The number of para-hydroxylation sites is 2. The van der Waals surface area contributed by atoms with Crippen LogP contribution in [0.3, 0.4) is 0 Å². The number of Topliss-reactive ketones (excluding diaryl/α,β-unsaturated/α-hetero) is 1. The zero-order chi connectivity index (χ0) is 55.3. The molecule has 0 radical (unpaired) electrons. The van der Waals surface area contributed by atoms with E-state index in [2.05, 4.69) is 41.2 Å². The van der Waals surface area contributed by atoms with Crippen LogP contribution in [0.25, 0.3) is 0 Å². The molecule has 0 bridgehead atoms. The number of hydrogen-bond acceptors (Lipinski definition) is 14. The summed E-state index contributed by atoms with van der Waals surface area (Å²) in [4.78, 5) is 88.1. The van der Waals surface area contributed by atoms with Crippen LogP contribution < -0.4 is 50.0 Å². The van der Waals surface area contributed by atoms with Crippen molar-refractivity contribution in [2.24, 2.45) is 4.99 Å². The minimum atomic E-state index is -1.01. The molecule has 4 heterocycles. The lowest BCUT2D eigenvalue weighted by atomic mass is 10.1. The standard InChI is InChI=1S/C59H65N7O10S2/c1-34(67)13-12-20-77-78-59(4,5)19-18-54(68)62-35(2)55(69)63-36(3)56(70)64-41-22-37(32-75-52-28-46-44(26-50(52)73-6)57(71)65-42(30-60-46)24-39-14-8-10-16-48(39)65)21-38(23-41)33-76-53-29-47-45(27-51(53)74-7)58(72)66-43(31-61-47)25-40-15-9-11-17-49(40)66/h8-11,14-17,21-23,26-30,35-36,42-43,61H,12-13,18-20,24-25,31-33H2,1-7H3,(H,62,68)(H,63,69)(H,64,70)/t35-,36+,42-,43-/m0/s1. The molecule has 0 saturated carbocycles. The van der Waals surface area contributed by atoms with Gasteiger partial charge in [0.15, 0.2) is 23.0 Å². The Morgan fingerprint density at radius 2 is 1.36 bits per heavy atom. The van der Waals surface area contributed by atoms with Crippen molar-refractivity contribution in [2.75, 3.05) is 47.0 Å². The summed E-state index contributed by atoms with van der Waals surface area (Å²) >= 11 is 0. The highest BCUT2D eigenvalue weighted by Crippen LogP contribution is 2.44. The number of carbonyl (C=O) groups is 6. The predicted octanol–water partition coefficient (Wildman–Crippen LogP) is 9.40. The molecular weight excluding hydrogens is 1030 g/mol. The average molecular weight is 1100 g/mol. The number of anilines is 4. The molecule has 4 N–H and O–H groups in total. The van der Waals surface area contributed by atoms with E-state index >= 15 is 0 Å². The van der Waals surface area contributed by atoms with Gasteiger partial charge in [0, 0.05) is 71.7 Å². The summed E-state index contributed by atoms with van der Waals surface area (Å²) in [7, 11) is 6.38. The van der Waals surface area contributed by atoms with Gasteiger partial charge in [-0.05, 0) is 119 Å². The van der Waals surface area contributed by atoms with Gasteiger partial charge in [0.1, 0.15) is 31.1 Å². The molecule has 0 saturated heterocycles. The molecule has 4 aliphatic rings. The number of fused-ring (bicyclic) bond motifs is 8. The first-order chi connectivity index (χ1) is 37.5. The van der Waals surface area contributed by atoms with Gasteiger partial charge in [-0.25, -0.2) is 0 Å². The van der Waals surface area contributed by atoms with Crippen LogP contribution in [0.1, 0.15) is 103 Å². The number of ketones is 1. The zero-order valence-electron chi connectivity index (χ0n) is 44.9. The van der Waals surface area contributed by atoms with E-state index < -0.39 is 23.9 Å². The van der Waals surface area contributed by atoms with Gasteiger partial charge >= 0.3 is 0 Å². The van der Waals surface area contributed by atoms with Crippen molar-refractivity contribution < 1.29 is 47.7 Å². The molecule has 17 nitrogen and oxygen atoms in total. The minimum absolute atomic E-state index is 0.00104. The van der Waals surface area contributed by atoms with Gasteiger partial charge in [-0.15, -0.1) is 0 Å². The van der Waals surface area contributed by atoms with Gasteiger partial charge in [-0.1, -0.05) is 58.0 Å². The molecule has 9 rings (SSSR count). The third kappa shape index (κ3) is 12.6. The highest BCUT2D eigenvalue weighted by atomic mass is 33.1. The van der Waals surface area contributed by atoms with Crippen LogP contribution in [0.15, 0.2) is 96.0 Å². The molecule has 0 aliphatic carbocycles. The molecule has 5 amide bonds. The first-order valence-corrected chi connectivity index (χ1v) is 28.4. The smallest absolute Gasteiger partial charge is 0.261 e. The van der Waals surface area contributed by atoms with E-state index in [0.717, 1.165) is 41.1 Å². The first-order valence-electron chi connectivity index (χ1n) is 26.1. The lowest BCUT2D eigenvalue weighted by Gasteiger charge is -2.23. The van der Waals surface area contributed by atoms with Gasteiger partial charge in [0.25, 0.3) is 11.8 Å². The van der Waals surface area contributed by atoms with Gasteiger partial charge < -0.3 is 49.9 Å². The SMILES string of the molecule is COc1cc2c(cc1OCc1cc(COc3cc4c(cc3OC)C(=O)N3c5ccccc5C[C@H]3CN4)cc(NC(=O)[C@@H](C)NC(=O)[C@H](C)NC(=O)CCC(C)(C)SSCCCC(C)=O)c1)N=C[C@@H]1Cc3ccccc3N1C2=O. The second-order valence-electron chi connectivity index (χ2n) is 20.6. The van der Waals surface area contributed by atoms with Crippen LogP contribution in [0, 0.1) is 0 Å². The van der Waals surface area contributed by atoms with Crippen LogP contribution >= 0.6 is 21.6 Å². The van der Waals surface area contributed by atoms with Crippen LogP contribution in [0.4, 0.5) is 28.4 Å². The van der Waals surface area contributed by atoms with Crippen LogP contribution in [-0.2, 0) is 45.2 Å². The number of benzene rings is 5. The Kier molecular flexibility index (Phi) is 17.0. The van der Waals surface area contributed by atoms with Crippen LogP contribution in [-0.4, -0.2) is 97.0 Å². The Morgan fingerprint density at radius 1 is 0.744 bits per heavy atom. The lowest BCUT2D eigenvalue weighted by Crippen LogP contribution is -2.50. The molecule has 0 unspecified atom stereocenters. The number of nitrogens with zero attached hydrogens (tertiary/aromatic N) is 3. The molecule has 0 fully saturated rings. The van der Waals surface area contributed by atoms with E-state index in [1.807, 2.05) is 53.4 Å². The summed E-state index contributed by atoms with van der Waals surface area (Å²) in [6.45, 7) is 9.35. The molecule has 5 aromatic rings. The largest absolute Gasteiger partial charge is 0.493 e. The Labute approximate surface area is 462 Å². The third-order valence-corrected chi connectivity index (χ3v) is 17.5. The van der Waals surface area contributed by atoms with Crippen molar-refractivity contribution in [3.05, 3.63) is 124 Å². The van der Waals surface area contributed by atoms with E-state index in [1.165, 1.54) is 14.2 Å². The van der Waals surface area contributed by atoms with Crippen molar-refractivity contribution in [1.82, 2.24) is 10.6 Å². The average Bonchev–Trinajstić information content (AvgIpc) is 3.97. The third-order valence-electron chi connectivity index (χ3n) is 14.1. The maximum atomic E-state index is 14.1. The van der Waals surface area contributed by atoms with Crippen molar-refractivity contribution in [3.63, 3.8) is 0 Å². The fraction of sp³-hybridized carbons (Fsp3) is 0.373. The summed E-state index contributed by atoms with van der Waals surface area (Å²) in [6, 6.07) is 25.7. The fourth-order valence-corrected chi connectivity index (χ4v) is 12.7. The Hall–Kier alpha value is -7.51. The topological polar surface area (TPSA) is 206 Å². The molecule has 19 heteroatoms. The fourth-order valence-electron chi connectivity index (χ4n) is 10.00.